The lowest BCUT2D eigenvalue weighted by Crippen LogP contribution is -2.53. The van der Waals surface area contributed by atoms with Gasteiger partial charge in [0.2, 0.25) is 5.91 Å². The molecule has 0 aromatic heterocycles. The number of aliphatic imine (C=N–C) groups is 1. The van der Waals surface area contributed by atoms with Crippen molar-refractivity contribution in [2.24, 2.45) is 4.99 Å². The Balaban J connectivity index is 1.88. The van der Waals surface area contributed by atoms with Crippen molar-refractivity contribution in [1.29, 1.82) is 0 Å². The normalized spacial score (nSPS) is 14.8. The molecule has 0 saturated carbocycles. The van der Waals surface area contributed by atoms with Crippen LogP contribution in [0.25, 0.3) is 0 Å². The second-order valence-electron chi connectivity index (χ2n) is 6.75. The number of piperazine rings is 1. The number of nitrogens with one attached hydrogen (secondary N) is 1. The van der Waals surface area contributed by atoms with Gasteiger partial charge >= 0.3 is 0 Å². The molecule has 1 N–H and O–H groups in total. The molecule has 1 aromatic carbocycles. The number of nitrogens with zero attached hydrogens (tertiary/aromatic N) is 3. The number of rotatable bonds is 8. The molecule has 28 heavy (non-hydrogen) atoms. The Morgan fingerprint density at radius 2 is 1.86 bits per heavy atom. The van der Waals surface area contributed by atoms with E-state index in [1.54, 1.807) is 14.0 Å². The van der Waals surface area contributed by atoms with Crippen molar-refractivity contribution in [2.45, 2.75) is 33.6 Å². The van der Waals surface area contributed by atoms with Crippen LogP contribution in [0.2, 0.25) is 0 Å². The van der Waals surface area contributed by atoms with Crippen molar-refractivity contribution in [2.75, 3.05) is 53.0 Å². The lowest BCUT2D eigenvalue weighted by atomic mass is 10.1. The maximum atomic E-state index is 11.5. The van der Waals surface area contributed by atoms with Gasteiger partial charge in [-0.2, -0.15) is 0 Å². The van der Waals surface area contributed by atoms with Gasteiger partial charge < -0.3 is 24.6 Å². The number of carbonyl (C=O) groups is 1. The zero-order valence-corrected chi connectivity index (χ0v) is 17.7. The van der Waals surface area contributed by atoms with Crippen LogP contribution < -0.4 is 14.8 Å². The molecule has 0 radical (unpaired) electrons. The second-order valence-corrected chi connectivity index (χ2v) is 6.75. The fraction of sp³-hybridized carbons (Fsp3) is 0.619. The van der Waals surface area contributed by atoms with Gasteiger partial charge in [0.05, 0.1) is 13.7 Å². The lowest BCUT2D eigenvalue weighted by molar-refractivity contribution is -0.130. The van der Waals surface area contributed by atoms with E-state index in [0.717, 1.165) is 69.6 Å². The van der Waals surface area contributed by atoms with Gasteiger partial charge in [-0.25, -0.2) is 0 Å². The van der Waals surface area contributed by atoms with E-state index in [1.807, 2.05) is 17.9 Å². The van der Waals surface area contributed by atoms with Gasteiger partial charge in [0.25, 0.3) is 0 Å². The first-order valence-corrected chi connectivity index (χ1v) is 10.2. The Labute approximate surface area is 168 Å². The maximum absolute atomic E-state index is 11.5. The summed E-state index contributed by atoms with van der Waals surface area (Å²) in [5.74, 6) is 2.65. The van der Waals surface area contributed by atoms with E-state index in [0.29, 0.717) is 6.61 Å². The molecule has 1 saturated heterocycles. The van der Waals surface area contributed by atoms with Gasteiger partial charge in [-0.05, 0) is 44.4 Å². The third-order valence-electron chi connectivity index (χ3n) is 4.77. The standard InChI is InChI=1S/C21H34N4O3/c1-5-22-21(25-14-12-24(13-15-25)17(3)26)23-11-7-8-18-9-10-19(27-4)20(16-18)28-6-2/h9-10,16H,5-8,11-15H2,1-4H3,(H,22,23). The second kappa shape index (κ2) is 11.4. The number of carbonyl (C=O) groups excluding carboxylic acids is 1. The average molecular weight is 391 g/mol. The van der Waals surface area contributed by atoms with Gasteiger partial charge in [-0.15, -0.1) is 0 Å². The highest BCUT2D eigenvalue weighted by atomic mass is 16.5. The van der Waals surface area contributed by atoms with Crippen molar-refractivity contribution in [3.63, 3.8) is 0 Å². The van der Waals surface area contributed by atoms with E-state index in [2.05, 4.69) is 29.3 Å². The molecule has 1 aliphatic rings. The number of methoxy groups -OCH3 is 1. The number of hydrogen-bond acceptors (Lipinski definition) is 4. The highest BCUT2D eigenvalue weighted by Crippen LogP contribution is 2.28. The zero-order chi connectivity index (χ0) is 20.4. The minimum atomic E-state index is 0.146. The predicted molar refractivity (Wildman–Crippen MR) is 112 cm³/mol. The van der Waals surface area contributed by atoms with E-state index < -0.39 is 0 Å². The Hall–Kier alpha value is -2.44. The molecule has 7 nitrogen and oxygen atoms in total. The van der Waals surface area contributed by atoms with E-state index in [4.69, 9.17) is 14.5 Å². The van der Waals surface area contributed by atoms with Crippen molar-refractivity contribution in [3.05, 3.63) is 23.8 Å². The molecule has 1 fully saturated rings. The fourth-order valence-electron chi connectivity index (χ4n) is 3.27. The van der Waals surface area contributed by atoms with Crippen LogP contribution in [-0.2, 0) is 11.2 Å². The predicted octanol–water partition coefficient (Wildman–Crippen LogP) is 2.16. The molecule has 1 aliphatic heterocycles. The Kier molecular flexibility index (Phi) is 8.91. The molecule has 7 heteroatoms. The summed E-state index contributed by atoms with van der Waals surface area (Å²) < 4.78 is 11.0. The number of hydrogen-bond donors (Lipinski definition) is 1. The smallest absolute Gasteiger partial charge is 0.219 e. The van der Waals surface area contributed by atoms with E-state index in [-0.39, 0.29) is 5.91 Å². The molecule has 1 heterocycles. The first kappa shape index (κ1) is 21.9. The number of guanidine groups is 1. The first-order valence-electron chi connectivity index (χ1n) is 10.2. The zero-order valence-electron chi connectivity index (χ0n) is 17.7. The number of ether oxygens (including phenoxy) is 2. The highest BCUT2D eigenvalue weighted by Gasteiger charge is 2.20. The number of benzene rings is 1. The SMILES string of the molecule is CCNC(=NCCCc1ccc(OC)c(OCC)c1)N1CCN(C(C)=O)CC1. The topological polar surface area (TPSA) is 66.4 Å². The molecule has 156 valence electrons. The molecular formula is C21H34N4O3. The molecule has 0 atom stereocenters. The molecule has 1 aromatic rings. The summed E-state index contributed by atoms with van der Waals surface area (Å²) in [6.07, 6.45) is 1.89. The minimum absolute atomic E-state index is 0.146. The summed E-state index contributed by atoms with van der Waals surface area (Å²) in [5.41, 5.74) is 1.22. The van der Waals surface area contributed by atoms with E-state index in [9.17, 15) is 4.79 Å². The first-order chi connectivity index (χ1) is 13.6. The molecule has 2 rings (SSSR count). The Morgan fingerprint density at radius 3 is 2.46 bits per heavy atom. The number of aryl methyl sites for hydroxylation is 1. The summed E-state index contributed by atoms with van der Waals surface area (Å²) >= 11 is 0. The lowest BCUT2D eigenvalue weighted by Gasteiger charge is -2.36. The van der Waals surface area contributed by atoms with Crippen molar-refractivity contribution < 1.29 is 14.3 Å². The quantitative estimate of drug-likeness (QED) is 0.419. The molecule has 0 aliphatic carbocycles. The summed E-state index contributed by atoms with van der Waals surface area (Å²) in [7, 11) is 1.66. The molecule has 1 amide bonds. The molecule has 0 bridgehead atoms. The maximum Gasteiger partial charge on any atom is 0.219 e. The largest absolute Gasteiger partial charge is 0.493 e. The van der Waals surface area contributed by atoms with Crippen LogP contribution in [0.15, 0.2) is 23.2 Å². The van der Waals surface area contributed by atoms with Gasteiger partial charge in [-0.1, -0.05) is 6.07 Å². The van der Waals surface area contributed by atoms with Crippen LogP contribution in [0.5, 0.6) is 11.5 Å². The molecule has 0 spiro atoms. The fourth-order valence-corrected chi connectivity index (χ4v) is 3.27. The monoisotopic (exact) mass is 390 g/mol. The van der Waals surface area contributed by atoms with Crippen molar-refractivity contribution in [3.8, 4) is 11.5 Å². The molecular weight excluding hydrogens is 356 g/mol. The Bertz CT molecular complexity index is 655. The van der Waals surface area contributed by atoms with Crippen LogP contribution in [0.1, 0.15) is 32.8 Å². The molecule has 0 unspecified atom stereocenters. The summed E-state index contributed by atoms with van der Waals surface area (Å²) in [6, 6.07) is 6.09. The van der Waals surface area contributed by atoms with Gasteiger partial charge in [0.1, 0.15) is 0 Å². The van der Waals surface area contributed by atoms with E-state index in [1.165, 1.54) is 5.56 Å². The summed E-state index contributed by atoms with van der Waals surface area (Å²) in [5, 5.41) is 3.37. The summed E-state index contributed by atoms with van der Waals surface area (Å²) in [6.45, 7) is 11.0. The average Bonchev–Trinajstić information content (AvgIpc) is 2.71. The van der Waals surface area contributed by atoms with E-state index >= 15 is 0 Å². The van der Waals surface area contributed by atoms with Crippen molar-refractivity contribution >= 4 is 11.9 Å². The van der Waals surface area contributed by atoms with Gasteiger partial charge in [0, 0.05) is 46.2 Å². The third-order valence-corrected chi connectivity index (χ3v) is 4.77. The Morgan fingerprint density at radius 1 is 1.14 bits per heavy atom. The minimum Gasteiger partial charge on any atom is -0.493 e. The van der Waals surface area contributed by atoms with Crippen LogP contribution in [0.4, 0.5) is 0 Å². The summed E-state index contributed by atoms with van der Waals surface area (Å²) in [4.78, 5) is 20.4. The van der Waals surface area contributed by atoms with Crippen LogP contribution in [-0.4, -0.2) is 74.7 Å². The highest BCUT2D eigenvalue weighted by molar-refractivity contribution is 5.80. The van der Waals surface area contributed by atoms with Crippen molar-refractivity contribution in [1.82, 2.24) is 15.1 Å². The number of amides is 1. The van der Waals surface area contributed by atoms with Gasteiger partial charge in [0.15, 0.2) is 17.5 Å². The van der Waals surface area contributed by atoms with Gasteiger partial charge in [-0.3, -0.25) is 9.79 Å². The third kappa shape index (κ3) is 6.32. The van der Waals surface area contributed by atoms with Crippen LogP contribution in [0.3, 0.4) is 0 Å². The van der Waals surface area contributed by atoms with Crippen LogP contribution in [0, 0.1) is 0 Å². The van der Waals surface area contributed by atoms with Crippen LogP contribution >= 0.6 is 0 Å².